The number of aromatic nitrogens is 2. The summed E-state index contributed by atoms with van der Waals surface area (Å²) >= 11 is 0. The molecule has 0 unspecified atom stereocenters. The van der Waals surface area contributed by atoms with E-state index < -0.39 is 0 Å². The number of nitrogens with zero attached hydrogens (tertiary/aromatic N) is 3. The van der Waals surface area contributed by atoms with Gasteiger partial charge in [0.05, 0.1) is 11.1 Å². The smallest absolute Gasteiger partial charge is 0.269 e. The van der Waals surface area contributed by atoms with Crippen molar-refractivity contribution in [3.8, 4) is 0 Å². The minimum absolute atomic E-state index is 0.124. The van der Waals surface area contributed by atoms with Gasteiger partial charge in [-0.1, -0.05) is 12.1 Å². The molecule has 0 spiro atoms. The molecule has 0 fully saturated rings. The third kappa shape index (κ3) is 3.62. The molecule has 1 heterocycles. The van der Waals surface area contributed by atoms with Crippen molar-refractivity contribution in [2.75, 3.05) is 7.05 Å². The Labute approximate surface area is 111 Å². The first-order valence-electron chi connectivity index (χ1n) is 6.08. The summed E-state index contributed by atoms with van der Waals surface area (Å²) in [5.74, 6) is 0. The number of rotatable bonds is 6. The fourth-order valence-electron chi connectivity index (χ4n) is 1.85. The maximum atomic E-state index is 10.5. The largest absolute Gasteiger partial charge is 0.316 e. The quantitative estimate of drug-likeness (QED) is 0.634. The number of benzene rings is 1. The maximum absolute atomic E-state index is 10.5. The van der Waals surface area contributed by atoms with E-state index in [1.54, 1.807) is 12.1 Å². The van der Waals surface area contributed by atoms with Crippen molar-refractivity contribution in [2.24, 2.45) is 0 Å². The van der Waals surface area contributed by atoms with E-state index >= 15 is 0 Å². The van der Waals surface area contributed by atoms with E-state index in [0.717, 1.165) is 30.6 Å². The monoisotopic (exact) mass is 260 g/mol. The van der Waals surface area contributed by atoms with Crippen LogP contribution in [0.3, 0.4) is 0 Å². The third-order valence-electron chi connectivity index (χ3n) is 2.84. The van der Waals surface area contributed by atoms with E-state index in [4.69, 9.17) is 0 Å². The fraction of sp³-hybridized carbons (Fsp3) is 0.308. The second-order valence-electron chi connectivity index (χ2n) is 4.32. The van der Waals surface area contributed by atoms with Crippen LogP contribution in [0.4, 0.5) is 5.69 Å². The summed E-state index contributed by atoms with van der Waals surface area (Å²) in [6, 6.07) is 6.64. The first-order valence-corrected chi connectivity index (χ1v) is 6.08. The summed E-state index contributed by atoms with van der Waals surface area (Å²) in [4.78, 5) is 10.2. The van der Waals surface area contributed by atoms with Gasteiger partial charge in [0.25, 0.3) is 5.69 Å². The lowest BCUT2D eigenvalue weighted by atomic mass is 10.1. The van der Waals surface area contributed by atoms with Gasteiger partial charge >= 0.3 is 0 Å². The minimum Gasteiger partial charge on any atom is -0.316 e. The molecule has 2 aromatic rings. The molecule has 1 N–H and O–H groups in total. The van der Waals surface area contributed by atoms with E-state index in [1.165, 1.54) is 12.1 Å². The van der Waals surface area contributed by atoms with Crippen LogP contribution in [-0.4, -0.2) is 21.8 Å². The van der Waals surface area contributed by atoms with Crippen molar-refractivity contribution in [2.45, 2.75) is 19.5 Å². The maximum Gasteiger partial charge on any atom is 0.269 e. The summed E-state index contributed by atoms with van der Waals surface area (Å²) in [6.07, 6.45) is 4.65. The molecule has 0 saturated carbocycles. The van der Waals surface area contributed by atoms with Gasteiger partial charge in [-0.15, -0.1) is 0 Å². The van der Waals surface area contributed by atoms with E-state index in [9.17, 15) is 10.1 Å². The lowest BCUT2D eigenvalue weighted by Gasteiger charge is -2.02. The number of hydrogen-bond donors (Lipinski definition) is 1. The second-order valence-corrected chi connectivity index (χ2v) is 4.32. The van der Waals surface area contributed by atoms with E-state index in [-0.39, 0.29) is 10.6 Å². The van der Waals surface area contributed by atoms with Gasteiger partial charge in [0.1, 0.15) is 0 Å². The fourth-order valence-corrected chi connectivity index (χ4v) is 1.85. The number of hydrogen-bond acceptors (Lipinski definition) is 4. The summed E-state index contributed by atoms with van der Waals surface area (Å²) < 4.78 is 1.88. The van der Waals surface area contributed by atoms with Crippen molar-refractivity contribution in [3.63, 3.8) is 0 Å². The van der Waals surface area contributed by atoms with Gasteiger partial charge in [-0.05, 0) is 19.0 Å². The lowest BCUT2D eigenvalue weighted by Crippen LogP contribution is -2.04. The van der Waals surface area contributed by atoms with Crippen LogP contribution in [0.2, 0.25) is 0 Å². The molecule has 0 aliphatic heterocycles. The van der Waals surface area contributed by atoms with Crippen molar-refractivity contribution >= 4 is 5.69 Å². The first kappa shape index (κ1) is 13.2. The summed E-state index contributed by atoms with van der Waals surface area (Å²) in [7, 11) is 1.90. The van der Waals surface area contributed by atoms with Gasteiger partial charge in [-0.2, -0.15) is 5.10 Å². The standard InChI is InChI=1S/C13H16N4O2/c1-14-8-12-9-15-16(10-12)7-6-11-2-4-13(5-3-11)17(18)19/h2-5,9-10,14H,6-8H2,1H3. The van der Waals surface area contributed by atoms with Crippen LogP contribution in [0.5, 0.6) is 0 Å². The Morgan fingerprint density at radius 2 is 2.05 bits per heavy atom. The zero-order chi connectivity index (χ0) is 13.7. The van der Waals surface area contributed by atoms with E-state index in [0.29, 0.717) is 0 Å². The highest BCUT2D eigenvalue weighted by molar-refractivity contribution is 5.32. The number of nitrogens with one attached hydrogen (secondary N) is 1. The summed E-state index contributed by atoms with van der Waals surface area (Å²) in [6.45, 7) is 1.57. The van der Waals surface area contributed by atoms with Crippen LogP contribution >= 0.6 is 0 Å². The minimum atomic E-state index is -0.388. The van der Waals surface area contributed by atoms with Crippen molar-refractivity contribution < 1.29 is 4.92 Å². The molecular weight excluding hydrogens is 244 g/mol. The van der Waals surface area contributed by atoms with Gasteiger partial charge in [0.2, 0.25) is 0 Å². The molecule has 0 aliphatic rings. The number of nitro groups is 1. The van der Waals surface area contributed by atoms with Gasteiger partial charge in [0.15, 0.2) is 0 Å². The number of non-ortho nitro benzene ring substituents is 1. The molecule has 19 heavy (non-hydrogen) atoms. The normalized spacial score (nSPS) is 10.6. The average Bonchev–Trinajstić information content (AvgIpc) is 2.85. The van der Waals surface area contributed by atoms with Gasteiger partial charge in [0, 0.05) is 37.0 Å². The van der Waals surface area contributed by atoms with Crippen LogP contribution in [0.25, 0.3) is 0 Å². The Hall–Kier alpha value is -2.21. The molecule has 0 radical (unpaired) electrons. The van der Waals surface area contributed by atoms with Crippen LogP contribution in [0.1, 0.15) is 11.1 Å². The molecule has 1 aromatic heterocycles. The highest BCUT2D eigenvalue weighted by Gasteiger charge is 2.04. The SMILES string of the molecule is CNCc1cnn(CCc2ccc([N+](=O)[O-])cc2)c1. The van der Waals surface area contributed by atoms with Crippen molar-refractivity contribution in [3.05, 3.63) is 57.9 Å². The zero-order valence-corrected chi connectivity index (χ0v) is 10.7. The third-order valence-corrected chi connectivity index (χ3v) is 2.84. The van der Waals surface area contributed by atoms with Gasteiger partial charge in [-0.3, -0.25) is 14.8 Å². The van der Waals surface area contributed by atoms with Crippen LogP contribution in [-0.2, 0) is 19.5 Å². The molecular formula is C13H16N4O2. The van der Waals surface area contributed by atoms with Crippen LogP contribution in [0.15, 0.2) is 36.7 Å². The molecule has 100 valence electrons. The molecule has 0 atom stereocenters. The van der Waals surface area contributed by atoms with Gasteiger partial charge < -0.3 is 5.32 Å². The molecule has 0 aliphatic carbocycles. The predicted molar refractivity (Wildman–Crippen MR) is 71.8 cm³/mol. The Morgan fingerprint density at radius 1 is 1.32 bits per heavy atom. The highest BCUT2D eigenvalue weighted by atomic mass is 16.6. The Morgan fingerprint density at radius 3 is 2.68 bits per heavy atom. The number of aryl methyl sites for hydroxylation is 2. The Balaban J connectivity index is 1.92. The molecule has 0 saturated heterocycles. The average molecular weight is 260 g/mol. The van der Waals surface area contributed by atoms with Crippen LogP contribution in [0, 0.1) is 10.1 Å². The second kappa shape index (κ2) is 6.10. The van der Waals surface area contributed by atoms with Crippen molar-refractivity contribution in [1.82, 2.24) is 15.1 Å². The zero-order valence-electron chi connectivity index (χ0n) is 10.7. The lowest BCUT2D eigenvalue weighted by molar-refractivity contribution is -0.384. The molecule has 2 rings (SSSR count). The van der Waals surface area contributed by atoms with E-state index in [2.05, 4.69) is 10.4 Å². The van der Waals surface area contributed by atoms with E-state index in [1.807, 2.05) is 24.1 Å². The molecule has 6 heteroatoms. The highest BCUT2D eigenvalue weighted by Crippen LogP contribution is 2.12. The molecule has 0 amide bonds. The molecule has 0 bridgehead atoms. The molecule has 6 nitrogen and oxygen atoms in total. The first-order chi connectivity index (χ1) is 9.19. The Bertz CT molecular complexity index is 548. The predicted octanol–water partition coefficient (Wildman–Crippen LogP) is 1.75. The topological polar surface area (TPSA) is 73.0 Å². The Kier molecular flexibility index (Phi) is 4.25. The number of nitro benzene ring substituents is 1. The summed E-state index contributed by atoms with van der Waals surface area (Å²) in [5, 5.41) is 17.9. The van der Waals surface area contributed by atoms with Crippen LogP contribution < -0.4 is 5.32 Å². The van der Waals surface area contributed by atoms with Gasteiger partial charge in [-0.25, -0.2) is 0 Å². The molecule has 1 aromatic carbocycles. The summed E-state index contributed by atoms with van der Waals surface area (Å²) in [5.41, 5.74) is 2.33. The van der Waals surface area contributed by atoms with Crippen molar-refractivity contribution in [1.29, 1.82) is 0 Å².